The van der Waals surface area contributed by atoms with E-state index < -0.39 is 0 Å². The number of aromatic nitrogens is 2. The molecule has 194 valence electrons. The number of methoxy groups -OCH3 is 1. The quantitative estimate of drug-likeness (QED) is 0.294. The number of benzene rings is 2. The molecule has 3 heterocycles. The van der Waals surface area contributed by atoms with Crippen LogP contribution >= 0.6 is 0 Å². The van der Waals surface area contributed by atoms with Crippen LogP contribution in [0.3, 0.4) is 0 Å². The number of esters is 1. The lowest BCUT2D eigenvalue weighted by Gasteiger charge is -2.37. The van der Waals surface area contributed by atoms with Gasteiger partial charge in [-0.3, -0.25) is 9.29 Å². The van der Waals surface area contributed by atoms with Crippen molar-refractivity contribution >= 4 is 22.8 Å². The van der Waals surface area contributed by atoms with Crippen molar-refractivity contribution in [1.82, 2.24) is 14.3 Å². The second-order valence-electron chi connectivity index (χ2n) is 10.5. The van der Waals surface area contributed by atoms with Gasteiger partial charge in [0, 0.05) is 37.9 Å². The third-order valence-corrected chi connectivity index (χ3v) is 7.88. The lowest BCUT2D eigenvalue weighted by molar-refractivity contribution is 0.0600. The van der Waals surface area contributed by atoms with E-state index in [1.54, 1.807) is 0 Å². The molecule has 0 bridgehead atoms. The molecule has 1 aliphatic heterocycles. The largest absolute Gasteiger partial charge is 0.465 e. The fourth-order valence-corrected chi connectivity index (χ4v) is 5.94. The minimum absolute atomic E-state index is 0.167. The van der Waals surface area contributed by atoms with Crippen molar-refractivity contribution in [3.05, 3.63) is 106 Å². The molecular formula is C32H32FN3O2. The molecule has 0 spiro atoms. The van der Waals surface area contributed by atoms with E-state index in [0.717, 1.165) is 66.9 Å². The topological polar surface area (TPSA) is 46.8 Å². The van der Waals surface area contributed by atoms with E-state index in [1.165, 1.54) is 29.4 Å². The molecule has 2 aromatic carbocycles. The summed E-state index contributed by atoms with van der Waals surface area (Å²) in [6.07, 6.45) is 6.98. The van der Waals surface area contributed by atoms with Crippen molar-refractivity contribution < 1.29 is 13.9 Å². The first-order valence-corrected chi connectivity index (χ1v) is 13.3. The number of carbonyl (C=O) groups is 1. The number of allylic oxidation sites excluding steroid dienone is 1. The highest BCUT2D eigenvalue weighted by Crippen LogP contribution is 2.41. The fraction of sp³-hybridized carbons (Fsp3) is 0.312. The molecule has 1 saturated heterocycles. The molecule has 0 unspecified atom stereocenters. The number of halogens is 1. The molecule has 6 rings (SSSR count). The summed E-state index contributed by atoms with van der Waals surface area (Å²) in [5.41, 5.74) is 10.9. The van der Waals surface area contributed by atoms with Gasteiger partial charge < -0.3 is 9.14 Å². The van der Waals surface area contributed by atoms with Gasteiger partial charge in [-0.2, -0.15) is 0 Å². The van der Waals surface area contributed by atoms with E-state index >= 15 is 0 Å². The highest BCUT2D eigenvalue weighted by molar-refractivity contribution is 6.01. The number of likely N-dealkylation sites (tertiary alicyclic amines) is 1. The summed E-state index contributed by atoms with van der Waals surface area (Å²) < 4.78 is 19.9. The van der Waals surface area contributed by atoms with E-state index in [1.807, 2.05) is 12.1 Å². The summed E-state index contributed by atoms with van der Waals surface area (Å²) in [6, 6.07) is 18.8. The Bertz CT molecular complexity index is 1550. The first-order valence-electron chi connectivity index (χ1n) is 13.3. The Labute approximate surface area is 222 Å². The van der Waals surface area contributed by atoms with Crippen molar-refractivity contribution in [1.29, 1.82) is 0 Å². The number of aryl methyl sites for hydroxylation is 2. The molecule has 0 N–H and O–H groups in total. The SMILES string of the molecule is COC(=O)c1ccc2c(c1)CCCC(c1ccccc1C)=C2c1ccn2cc(CN3CC(CF)C3)nc2c1. The number of hydrogen-bond donors (Lipinski definition) is 0. The molecule has 1 aliphatic carbocycles. The normalized spacial score (nSPS) is 16.3. The lowest BCUT2D eigenvalue weighted by atomic mass is 9.86. The standard InChI is InChI=1S/C32H32FN3O2/c1-21-6-3-4-8-27(21)29-9-5-7-23-14-25(32(37)38-2)10-11-28(23)31(29)24-12-13-36-20-26(34-30(36)15-24)19-35-17-22(16-33)18-35/h3-4,6,8,10-15,20,22H,5,7,9,16-19H2,1-2H3. The molecule has 4 aromatic rings. The summed E-state index contributed by atoms with van der Waals surface area (Å²) in [6.45, 7) is 4.26. The molecule has 0 atom stereocenters. The third kappa shape index (κ3) is 4.54. The molecule has 0 amide bonds. The lowest BCUT2D eigenvalue weighted by Crippen LogP contribution is -2.46. The van der Waals surface area contributed by atoms with Crippen LogP contribution in [-0.2, 0) is 17.7 Å². The van der Waals surface area contributed by atoms with Crippen LogP contribution in [0.4, 0.5) is 4.39 Å². The van der Waals surface area contributed by atoms with Crippen molar-refractivity contribution in [3.63, 3.8) is 0 Å². The van der Waals surface area contributed by atoms with Crippen LogP contribution in [0.2, 0.25) is 0 Å². The summed E-state index contributed by atoms with van der Waals surface area (Å²) in [5, 5.41) is 0. The summed E-state index contributed by atoms with van der Waals surface area (Å²) in [7, 11) is 1.42. The molecule has 6 heteroatoms. The zero-order chi connectivity index (χ0) is 26.2. The number of fused-ring (bicyclic) bond motifs is 2. The van der Waals surface area contributed by atoms with Gasteiger partial charge >= 0.3 is 5.97 Å². The van der Waals surface area contributed by atoms with Crippen LogP contribution in [0, 0.1) is 12.8 Å². The Morgan fingerprint density at radius 3 is 2.71 bits per heavy atom. The number of pyridine rings is 1. The average Bonchev–Trinajstić information content (AvgIpc) is 3.22. The Morgan fingerprint density at radius 2 is 1.92 bits per heavy atom. The smallest absolute Gasteiger partial charge is 0.337 e. The van der Waals surface area contributed by atoms with Crippen LogP contribution < -0.4 is 0 Å². The Hall–Kier alpha value is -3.77. The molecule has 2 aromatic heterocycles. The van der Waals surface area contributed by atoms with Crippen molar-refractivity contribution in [3.8, 4) is 0 Å². The first-order chi connectivity index (χ1) is 18.5. The van der Waals surface area contributed by atoms with Gasteiger partial charge in [-0.25, -0.2) is 9.78 Å². The van der Waals surface area contributed by atoms with Gasteiger partial charge in [0.05, 0.1) is 25.0 Å². The second kappa shape index (κ2) is 10.2. The highest BCUT2D eigenvalue weighted by Gasteiger charge is 2.27. The van der Waals surface area contributed by atoms with Gasteiger partial charge in [-0.15, -0.1) is 0 Å². The van der Waals surface area contributed by atoms with E-state index in [4.69, 9.17) is 9.72 Å². The fourth-order valence-electron chi connectivity index (χ4n) is 5.94. The van der Waals surface area contributed by atoms with Gasteiger partial charge in [-0.1, -0.05) is 30.3 Å². The Balaban J connectivity index is 1.46. The molecule has 38 heavy (non-hydrogen) atoms. The zero-order valence-corrected chi connectivity index (χ0v) is 21.9. The van der Waals surface area contributed by atoms with Gasteiger partial charge in [0.25, 0.3) is 0 Å². The molecule has 2 aliphatic rings. The van der Waals surface area contributed by atoms with Crippen molar-refractivity contribution in [2.24, 2.45) is 5.92 Å². The van der Waals surface area contributed by atoms with E-state index in [-0.39, 0.29) is 18.6 Å². The van der Waals surface area contributed by atoms with Gasteiger partial charge in [0.15, 0.2) is 0 Å². The summed E-state index contributed by atoms with van der Waals surface area (Å²) in [5.74, 6) is -0.145. The highest BCUT2D eigenvalue weighted by atomic mass is 19.1. The first kappa shape index (κ1) is 24.6. The van der Waals surface area contributed by atoms with Crippen molar-refractivity contribution in [2.45, 2.75) is 32.7 Å². The minimum atomic E-state index is -0.312. The second-order valence-corrected chi connectivity index (χ2v) is 10.5. The Morgan fingerprint density at radius 1 is 1.08 bits per heavy atom. The van der Waals surface area contributed by atoms with Crippen LogP contribution in [-0.4, -0.2) is 47.1 Å². The molecule has 1 fully saturated rings. The van der Waals surface area contributed by atoms with Crippen LogP contribution in [0.5, 0.6) is 0 Å². The van der Waals surface area contributed by atoms with E-state index in [2.05, 4.69) is 71.1 Å². The van der Waals surface area contributed by atoms with Gasteiger partial charge in [-0.05, 0) is 89.4 Å². The van der Waals surface area contributed by atoms with E-state index in [0.29, 0.717) is 5.56 Å². The monoisotopic (exact) mass is 509 g/mol. The van der Waals surface area contributed by atoms with Crippen LogP contribution in [0.1, 0.15) is 56.7 Å². The number of imidazole rings is 1. The maximum Gasteiger partial charge on any atom is 0.337 e. The van der Waals surface area contributed by atoms with Gasteiger partial charge in [0.1, 0.15) is 5.65 Å². The maximum absolute atomic E-state index is 12.9. The maximum atomic E-state index is 12.9. The summed E-state index contributed by atoms with van der Waals surface area (Å²) >= 11 is 0. The number of nitrogens with zero attached hydrogens (tertiary/aromatic N) is 3. The van der Waals surface area contributed by atoms with Crippen LogP contribution in [0.15, 0.2) is 67.0 Å². The third-order valence-electron chi connectivity index (χ3n) is 7.88. The van der Waals surface area contributed by atoms with Gasteiger partial charge in [0.2, 0.25) is 0 Å². The predicted octanol–water partition coefficient (Wildman–Crippen LogP) is 6.13. The predicted molar refractivity (Wildman–Crippen MR) is 148 cm³/mol. The van der Waals surface area contributed by atoms with Crippen molar-refractivity contribution in [2.75, 3.05) is 26.9 Å². The molecule has 0 radical (unpaired) electrons. The number of rotatable bonds is 6. The Kier molecular flexibility index (Phi) is 6.58. The zero-order valence-electron chi connectivity index (χ0n) is 21.9. The van der Waals surface area contributed by atoms with E-state index in [9.17, 15) is 9.18 Å². The summed E-state index contributed by atoms with van der Waals surface area (Å²) in [4.78, 5) is 19.5. The van der Waals surface area contributed by atoms with Crippen LogP contribution in [0.25, 0.3) is 16.8 Å². The molecule has 0 saturated carbocycles. The number of carbonyl (C=O) groups excluding carboxylic acids is 1. The molecule has 5 nitrogen and oxygen atoms in total. The number of alkyl halides is 1. The minimum Gasteiger partial charge on any atom is -0.465 e. The molecular weight excluding hydrogens is 477 g/mol. The number of ether oxygens (including phenoxy) is 1. The number of hydrogen-bond acceptors (Lipinski definition) is 4. The average molecular weight is 510 g/mol.